The summed E-state index contributed by atoms with van der Waals surface area (Å²) in [6, 6.07) is 2.78. The van der Waals surface area contributed by atoms with E-state index in [9.17, 15) is 27.9 Å². The van der Waals surface area contributed by atoms with Crippen molar-refractivity contribution in [2.75, 3.05) is 0 Å². The number of hydrogen-bond donors (Lipinski definition) is 4. The second kappa shape index (κ2) is 9.18. The number of aliphatic hydroxyl groups is 1. The Hall–Kier alpha value is -2.13. The molecule has 1 fully saturated rings. The van der Waals surface area contributed by atoms with Crippen molar-refractivity contribution in [1.82, 2.24) is 10.9 Å². The normalized spacial score (nSPS) is 17.8. The highest BCUT2D eigenvalue weighted by molar-refractivity contribution is 5.95. The van der Waals surface area contributed by atoms with E-state index in [0.29, 0.717) is 12.3 Å². The molecule has 0 aromatic heterocycles. The zero-order chi connectivity index (χ0) is 20.0. The number of hydrogen-bond acceptors (Lipinski definition) is 4. The van der Waals surface area contributed by atoms with Crippen LogP contribution in [0.25, 0.3) is 0 Å². The van der Waals surface area contributed by atoms with Gasteiger partial charge in [0, 0.05) is 11.6 Å². The summed E-state index contributed by atoms with van der Waals surface area (Å²) in [6.45, 7) is 0. The molecule has 0 saturated heterocycles. The number of halogens is 3. The zero-order valence-electron chi connectivity index (χ0n) is 14.8. The van der Waals surface area contributed by atoms with Crippen molar-refractivity contribution in [2.24, 2.45) is 11.7 Å². The average molecular weight is 387 g/mol. The number of rotatable bonds is 5. The second-order valence-electron chi connectivity index (χ2n) is 6.87. The van der Waals surface area contributed by atoms with E-state index in [1.807, 2.05) is 0 Å². The molecule has 1 aromatic rings. The number of amides is 2. The molecule has 0 heterocycles. The van der Waals surface area contributed by atoms with Gasteiger partial charge in [0.05, 0.1) is 5.56 Å². The lowest BCUT2D eigenvalue weighted by Crippen LogP contribution is -2.52. The molecule has 27 heavy (non-hydrogen) atoms. The highest BCUT2D eigenvalue weighted by Gasteiger charge is 2.30. The number of alkyl halides is 3. The predicted molar refractivity (Wildman–Crippen MR) is 92.2 cm³/mol. The third kappa shape index (κ3) is 6.21. The summed E-state index contributed by atoms with van der Waals surface area (Å²) in [5.41, 5.74) is 9.06. The second-order valence-corrected chi connectivity index (χ2v) is 6.87. The summed E-state index contributed by atoms with van der Waals surface area (Å²) < 4.78 is 37.5. The summed E-state index contributed by atoms with van der Waals surface area (Å²) in [7, 11) is 0. The van der Waals surface area contributed by atoms with Crippen LogP contribution in [0.3, 0.4) is 0 Å². The first kappa shape index (κ1) is 21.2. The van der Waals surface area contributed by atoms with Crippen LogP contribution in [0.5, 0.6) is 0 Å². The molecule has 1 unspecified atom stereocenters. The van der Waals surface area contributed by atoms with Gasteiger partial charge in [-0.1, -0.05) is 32.1 Å². The topological polar surface area (TPSA) is 104 Å². The number of nitrogens with one attached hydrogen (secondary N) is 2. The molecule has 0 aliphatic heterocycles. The third-order valence-corrected chi connectivity index (χ3v) is 4.78. The van der Waals surface area contributed by atoms with Crippen LogP contribution in [0.4, 0.5) is 13.2 Å². The lowest BCUT2D eigenvalue weighted by molar-refractivity contribution is -0.137. The fraction of sp³-hybridized carbons (Fsp3) is 0.556. The van der Waals surface area contributed by atoms with Crippen LogP contribution in [0.2, 0.25) is 0 Å². The van der Waals surface area contributed by atoms with E-state index >= 15 is 0 Å². The van der Waals surface area contributed by atoms with Crippen LogP contribution in [0.15, 0.2) is 24.3 Å². The van der Waals surface area contributed by atoms with Crippen molar-refractivity contribution in [3.05, 3.63) is 35.4 Å². The monoisotopic (exact) mass is 387 g/mol. The van der Waals surface area contributed by atoms with E-state index in [1.54, 1.807) is 0 Å². The van der Waals surface area contributed by atoms with Gasteiger partial charge < -0.3 is 10.8 Å². The van der Waals surface area contributed by atoms with E-state index in [1.165, 1.54) is 6.42 Å². The maximum Gasteiger partial charge on any atom is 0.416 e. The summed E-state index contributed by atoms with van der Waals surface area (Å²) in [5, 5.41) is 10.0. The van der Waals surface area contributed by atoms with Crippen LogP contribution in [-0.2, 0) is 11.0 Å². The highest BCUT2D eigenvalue weighted by Crippen LogP contribution is 2.29. The minimum Gasteiger partial charge on any atom is -0.382 e. The molecule has 6 nitrogen and oxygen atoms in total. The Morgan fingerprint density at radius 2 is 1.70 bits per heavy atom. The van der Waals surface area contributed by atoms with Crippen LogP contribution >= 0.6 is 0 Å². The van der Waals surface area contributed by atoms with Crippen molar-refractivity contribution in [3.63, 3.8) is 0 Å². The Kier molecular flexibility index (Phi) is 7.20. The number of carbonyl (C=O) groups is 2. The van der Waals surface area contributed by atoms with Gasteiger partial charge in [-0.2, -0.15) is 13.2 Å². The standard InChI is InChI=1S/C18H24F3N3O3/c19-18(20,21)13-8-6-12(7-9-13)16(26)23-24-17(27)15(25)14(22)10-11-4-2-1-3-5-11/h6-9,11,14-15,25H,1-5,10,22H2,(H,23,26)(H,24,27)/t14-,15?/m1/s1. The first-order valence-electron chi connectivity index (χ1n) is 8.89. The van der Waals surface area contributed by atoms with E-state index < -0.39 is 35.7 Å². The molecule has 2 rings (SSSR count). The molecule has 0 bridgehead atoms. The highest BCUT2D eigenvalue weighted by atomic mass is 19.4. The average Bonchev–Trinajstić information content (AvgIpc) is 2.65. The van der Waals surface area contributed by atoms with Crippen molar-refractivity contribution >= 4 is 11.8 Å². The fourth-order valence-corrected chi connectivity index (χ4v) is 3.21. The molecule has 1 saturated carbocycles. The summed E-state index contributed by atoms with van der Waals surface area (Å²) in [6.07, 6.45) is -0.0149. The molecule has 1 aromatic carbocycles. The molecule has 0 radical (unpaired) electrons. The first-order chi connectivity index (χ1) is 12.7. The lowest BCUT2D eigenvalue weighted by atomic mass is 9.84. The molecule has 150 valence electrons. The van der Waals surface area contributed by atoms with Gasteiger partial charge in [0.15, 0.2) is 0 Å². The molecule has 9 heteroatoms. The summed E-state index contributed by atoms with van der Waals surface area (Å²) in [5.74, 6) is -1.29. The van der Waals surface area contributed by atoms with Crippen LogP contribution < -0.4 is 16.6 Å². The van der Waals surface area contributed by atoms with Crippen LogP contribution in [0.1, 0.15) is 54.4 Å². The molecule has 2 amide bonds. The van der Waals surface area contributed by atoms with Gasteiger partial charge in [0.25, 0.3) is 11.8 Å². The Morgan fingerprint density at radius 1 is 1.11 bits per heavy atom. The molecular formula is C18H24F3N3O3. The lowest BCUT2D eigenvalue weighted by Gasteiger charge is -2.26. The van der Waals surface area contributed by atoms with Gasteiger partial charge in [-0.05, 0) is 36.6 Å². The van der Waals surface area contributed by atoms with Crippen molar-refractivity contribution in [1.29, 1.82) is 0 Å². The van der Waals surface area contributed by atoms with E-state index in [2.05, 4.69) is 10.9 Å². The van der Waals surface area contributed by atoms with Gasteiger partial charge in [-0.15, -0.1) is 0 Å². The van der Waals surface area contributed by atoms with E-state index in [0.717, 1.165) is 49.9 Å². The number of carbonyl (C=O) groups excluding carboxylic acids is 2. The van der Waals surface area contributed by atoms with E-state index in [-0.39, 0.29) is 5.56 Å². The number of aliphatic hydroxyl groups excluding tert-OH is 1. The Bertz CT molecular complexity index is 643. The molecule has 1 aliphatic carbocycles. The van der Waals surface area contributed by atoms with Gasteiger partial charge in [0.1, 0.15) is 6.10 Å². The van der Waals surface area contributed by atoms with Gasteiger partial charge >= 0.3 is 6.18 Å². The predicted octanol–water partition coefficient (Wildman–Crippen LogP) is 2.12. The summed E-state index contributed by atoms with van der Waals surface area (Å²) in [4.78, 5) is 23.8. The van der Waals surface area contributed by atoms with Crippen LogP contribution in [-0.4, -0.2) is 29.1 Å². The Balaban J connectivity index is 1.81. The van der Waals surface area contributed by atoms with Gasteiger partial charge in [-0.3, -0.25) is 20.4 Å². The maximum absolute atomic E-state index is 12.5. The first-order valence-corrected chi connectivity index (χ1v) is 8.89. The Labute approximate surface area is 155 Å². The quantitative estimate of drug-likeness (QED) is 0.581. The van der Waals surface area contributed by atoms with Gasteiger partial charge in [0.2, 0.25) is 0 Å². The number of benzene rings is 1. The largest absolute Gasteiger partial charge is 0.416 e. The van der Waals surface area contributed by atoms with Crippen molar-refractivity contribution < 1.29 is 27.9 Å². The number of hydrazine groups is 1. The zero-order valence-corrected chi connectivity index (χ0v) is 14.8. The maximum atomic E-state index is 12.5. The molecule has 5 N–H and O–H groups in total. The molecule has 0 spiro atoms. The minimum absolute atomic E-state index is 0.0655. The Morgan fingerprint density at radius 3 is 2.26 bits per heavy atom. The summed E-state index contributed by atoms with van der Waals surface area (Å²) >= 11 is 0. The van der Waals surface area contributed by atoms with E-state index in [4.69, 9.17) is 5.73 Å². The van der Waals surface area contributed by atoms with Crippen molar-refractivity contribution in [2.45, 2.75) is 56.8 Å². The van der Waals surface area contributed by atoms with Gasteiger partial charge in [-0.25, -0.2) is 0 Å². The smallest absolute Gasteiger partial charge is 0.382 e. The fourth-order valence-electron chi connectivity index (χ4n) is 3.21. The molecule has 1 aliphatic rings. The molecular weight excluding hydrogens is 363 g/mol. The third-order valence-electron chi connectivity index (χ3n) is 4.78. The number of nitrogens with two attached hydrogens (primary N) is 1. The van der Waals surface area contributed by atoms with Crippen LogP contribution in [0, 0.1) is 5.92 Å². The minimum atomic E-state index is -4.50. The SMILES string of the molecule is N[C@H](CC1CCCCC1)C(O)C(=O)NNC(=O)c1ccc(C(F)(F)F)cc1. The van der Waals surface area contributed by atoms with Crippen molar-refractivity contribution in [3.8, 4) is 0 Å². The molecule has 2 atom stereocenters.